The van der Waals surface area contributed by atoms with E-state index in [2.05, 4.69) is 5.32 Å². The summed E-state index contributed by atoms with van der Waals surface area (Å²) in [7, 11) is 0. The van der Waals surface area contributed by atoms with Crippen molar-refractivity contribution in [3.8, 4) is 0 Å². The van der Waals surface area contributed by atoms with Crippen molar-refractivity contribution in [1.82, 2.24) is 0 Å². The number of aryl methyl sites for hydroxylation is 1. The van der Waals surface area contributed by atoms with Gasteiger partial charge in [0.05, 0.1) is 10.3 Å². The Hall–Kier alpha value is -2.11. The fourth-order valence-electron chi connectivity index (χ4n) is 1.33. The van der Waals surface area contributed by atoms with Crippen LogP contribution in [0.25, 0.3) is 0 Å². The average Bonchev–Trinajstić information content (AvgIpc) is 2.27. The van der Waals surface area contributed by atoms with Crippen molar-refractivity contribution in [2.45, 2.75) is 20.8 Å². The second kappa shape index (κ2) is 5.03. The molecule has 98 valence electrons. The highest BCUT2D eigenvalue weighted by molar-refractivity contribution is 5.80. The zero-order valence-corrected chi connectivity index (χ0v) is 10.7. The lowest BCUT2D eigenvalue weighted by atomic mass is 9.92. The van der Waals surface area contributed by atoms with Crippen LogP contribution < -0.4 is 11.1 Å². The number of anilines is 1. The number of rotatable bonds is 5. The highest BCUT2D eigenvalue weighted by Crippen LogP contribution is 2.23. The number of amides is 1. The van der Waals surface area contributed by atoms with Gasteiger partial charge in [0.1, 0.15) is 0 Å². The first-order valence-corrected chi connectivity index (χ1v) is 5.53. The van der Waals surface area contributed by atoms with Crippen molar-refractivity contribution in [3.05, 3.63) is 33.9 Å². The van der Waals surface area contributed by atoms with Gasteiger partial charge in [-0.1, -0.05) is 6.07 Å². The topological polar surface area (TPSA) is 98.3 Å². The van der Waals surface area contributed by atoms with Crippen molar-refractivity contribution in [2.24, 2.45) is 11.1 Å². The third-order valence-corrected chi connectivity index (χ3v) is 2.81. The molecule has 0 radical (unpaired) electrons. The van der Waals surface area contributed by atoms with Crippen molar-refractivity contribution in [3.63, 3.8) is 0 Å². The van der Waals surface area contributed by atoms with E-state index in [4.69, 9.17) is 5.73 Å². The molecule has 0 heterocycles. The molecule has 0 aromatic heterocycles. The van der Waals surface area contributed by atoms with E-state index in [0.29, 0.717) is 17.8 Å². The predicted octanol–water partition coefficient (Wildman–Crippen LogP) is 1.83. The van der Waals surface area contributed by atoms with Crippen molar-refractivity contribution in [1.29, 1.82) is 0 Å². The molecule has 0 saturated carbocycles. The molecule has 0 aliphatic rings. The van der Waals surface area contributed by atoms with Crippen LogP contribution in [0.2, 0.25) is 0 Å². The van der Waals surface area contributed by atoms with Crippen LogP contribution in [0.4, 0.5) is 11.4 Å². The molecule has 0 atom stereocenters. The first-order valence-electron chi connectivity index (χ1n) is 5.53. The maximum absolute atomic E-state index is 11.1. The van der Waals surface area contributed by atoms with E-state index in [1.165, 1.54) is 6.07 Å². The smallest absolute Gasteiger partial charge is 0.274 e. The van der Waals surface area contributed by atoms with Gasteiger partial charge in [-0.25, -0.2) is 0 Å². The zero-order valence-electron chi connectivity index (χ0n) is 10.7. The van der Waals surface area contributed by atoms with Gasteiger partial charge in [0.15, 0.2) is 0 Å². The van der Waals surface area contributed by atoms with Gasteiger partial charge in [-0.15, -0.1) is 0 Å². The van der Waals surface area contributed by atoms with Crippen LogP contribution in [0.3, 0.4) is 0 Å². The first kappa shape index (κ1) is 14.0. The summed E-state index contributed by atoms with van der Waals surface area (Å²) >= 11 is 0. The fraction of sp³-hybridized carbons (Fsp3) is 0.417. The van der Waals surface area contributed by atoms with Crippen LogP contribution in [0.1, 0.15) is 19.4 Å². The van der Waals surface area contributed by atoms with E-state index in [9.17, 15) is 14.9 Å². The zero-order chi connectivity index (χ0) is 13.9. The Labute approximate surface area is 105 Å². The lowest BCUT2D eigenvalue weighted by Gasteiger charge is -2.21. The number of carbonyl (C=O) groups excluding carboxylic acids is 1. The number of nitrogens with two attached hydrogens (primary N) is 1. The van der Waals surface area contributed by atoms with Crippen molar-refractivity contribution in [2.75, 3.05) is 11.9 Å². The molecule has 0 spiro atoms. The number of hydrogen-bond acceptors (Lipinski definition) is 4. The molecular weight excluding hydrogens is 234 g/mol. The minimum absolute atomic E-state index is 0.0527. The van der Waals surface area contributed by atoms with E-state index < -0.39 is 16.2 Å². The van der Waals surface area contributed by atoms with E-state index in [1.807, 2.05) is 0 Å². The Morgan fingerprint density at radius 3 is 2.61 bits per heavy atom. The minimum atomic E-state index is -0.709. The number of carbonyl (C=O) groups is 1. The highest BCUT2D eigenvalue weighted by atomic mass is 16.6. The van der Waals surface area contributed by atoms with E-state index in [0.717, 1.165) is 0 Å². The number of primary amides is 1. The van der Waals surface area contributed by atoms with Gasteiger partial charge < -0.3 is 11.1 Å². The summed E-state index contributed by atoms with van der Waals surface area (Å²) in [5.74, 6) is -0.420. The van der Waals surface area contributed by atoms with Gasteiger partial charge in [0.25, 0.3) is 5.69 Å². The number of hydrogen-bond donors (Lipinski definition) is 2. The molecule has 1 aromatic carbocycles. The number of nitro groups is 1. The van der Waals surface area contributed by atoms with Crippen LogP contribution in [-0.2, 0) is 4.79 Å². The average molecular weight is 251 g/mol. The number of nitrogens with one attached hydrogen (secondary N) is 1. The molecule has 18 heavy (non-hydrogen) atoms. The Balaban J connectivity index is 2.84. The lowest BCUT2D eigenvalue weighted by molar-refractivity contribution is -0.385. The maximum atomic E-state index is 11.1. The SMILES string of the molecule is Cc1ccc(NCC(C)(C)C(N)=O)cc1[N+](=O)[O-]. The molecule has 0 aliphatic heterocycles. The lowest BCUT2D eigenvalue weighted by Crippen LogP contribution is -2.37. The van der Waals surface area contributed by atoms with Gasteiger partial charge in [-0.2, -0.15) is 0 Å². The molecule has 1 rings (SSSR count). The maximum Gasteiger partial charge on any atom is 0.274 e. The standard InChI is InChI=1S/C12H17N3O3/c1-8-4-5-9(6-10(8)15(17)18)14-7-12(2,3)11(13)16/h4-6,14H,7H2,1-3H3,(H2,13,16). The molecule has 0 unspecified atom stereocenters. The summed E-state index contributed by atoms with van der Waals surface area (Å²) < 4.78 is 0. The second-order valence-electron chi connectivity index (χ2n) is 4.86. The monoisotopic (exact) mass is 251 g/mol. The number of benzene rings is 1. The number of nitro benzene ring substituents is 1. The third kappa shape index (κ3) is 3.19. The molecule has 0 aliphatic carbocycles. The Bertz CT molecular complexity index is 483. The number of nitrogens with zero attached hydrogens (tertiary/aromatic N) is 1. The first-order chi connectivity index (χ1) is 8.24. The quantitative estimate of drug-likeness (QED) is 0.616. The molecule has 1 aromatic rings. The van der Waals surface area contributed by atoms with E-state index in [-0.39, 0.29) is 5.69 Å². The highest BCUT2D eigenvalue weighted by Gasteiger charge is 2.24. The summed E-state index contributed by atoms with van der Waals surface area (Å²) in [4.78, 5) is 21.5. The van der Waals surface area contributed by atoms with E-state index >= 15 is 0 Å². The van der Waals surface area contributed by atoms with Crippen molar-refractivity contribution >= 4 is 17.3 Å². The van der Waals surface area contributed by atoms with Gasteiger partial charge in [0, 0.05) is 23.9 Å². The Kier molecular flexibility index (Phi) is 3.90. The fourth-order valence-corrected chi connectivity index (χ4v) is 1.33. The summed E-state index contributed by atoms with van der Waals surface area (Å²) in [5, 5.41) is 13.8. The van der Waals surface area contributed by atoms with Crippen LogP contribution in [0.5, 0.6) is 0 Å². The minimum Gasteiger partial charge on any atom is -0.384 e. The van der Waals surface area contributed by atoms with Crippen LogP contribution in [0, 0.1) is 22.5 Å². The third-order valence-electron chi connectivity index (χ3n) is 2.81. The van der Waals surface area contributed by atoms with Crippen LogP contribution in [0.15, 0.2) is 18.2 Å². The molecule has 0 bridgehead atoms. The summed E-state index contributed by atoms with van der Waals surface area (Å²) in [6.07, 6.45) is 0. The van der Waals surface area contributed by atoms with Gasteiger partial charge in [-0.05, 0) is 26.8 Å². The summed E-state index contributed by atoms with van der Waals surface area (Å²) in [6, 6.07) is 4.85. The van der Waals surface area contributed by atoms with Gasteiger partial charge in [0.2, 0.25) is 5.91 Å². The summed E-state index contributed by atoms with van der Waals surface area (Å²) in [6.45, 7) is 5.42. The summed E-state index contributed by atoms with van der Waals surface area (Å²) in [5.41, 5.74) is 5.79. The van der Waals surface area contributed by atoms with E-state index in [1.54, 1.807) is 32.9 Å². The largest absolute Gasteiger partial charge is 0.384 e. The molecule has 1 amide bonds. The van der Waals surface area contributed by atoms with Gasteiger partial charge in [-0.3, -0.25) is 14.9 Å². The normalized spacial score (nSPS) is 11.1. The second-order valence-corrected chi connectivity index (χ2v) is 4.86. The Morgan fingerprint density at radius 2 is 2.11 bits per heavy atom. The van der Waals surface area contributed by atoms with Crippen molar-refractivity contribution < 1.29 is 9.72 Å². The van der Waals surface area contributed by atoms with Crippen LogP contribution in [-0.4, -0.2) is 17.4 Å². The molecule has 3 N–H and O–H groups in total. The Morgan fingerprint density at radius 1 is 1.50 bits per heavy atom. The van der Waals surface area contributed by atoms with Gasteiger partial charge >= 0.3 is 0 Å². The molecule has 0 saturated heterocycles. The predicted molar refractivity (Wildman–Crippen MR) is 69.3 cm³/mol. The molecule has 0 fully saturated rings. The molecule has 6 nitrogen and oxygen atoms in total. The molecular formula is C12H17N3O3. The van der Waals surface area contributed by atoms with Crippen LogP contribution >= 0.6 is 0 Å². The molecule has 6 heteroatoms.